The molecule has 0 saturated heterocycles. The number of Topliss-reactive ketones (excluding diaryl/α,β-unsaturated/α-hetero) is 1. The van der Waals surface area contributed by atoms with Gasteiger partial charge >= 0.3 is 5.97 Å². The molecule has 4 rings (SSSR count). The van der Waals surface area contributed by atoms with Crippen LogP contribution in [0, 0.1) is 11.8 Å². The van der Waals surface area contributed by atoms with Gasteiger partial charge in [0.1, 0.15) is 12.3 Å². The van der Waals surface area contributed by atoms with E-state index in [9.17, 15) is 14.4 Å². The molecule has 0 aromatic heterocycles. The molecule has 2 saturated carbocycles. The number of hydrogen-bond donors (Lipinski definition) is 0. The van der Waals surface area contributed by atoms with Crippen molar-refractivity contribution in [3.05, 3.63) is 35.4 Å². The minimum atomic E-state index is -0.612. The predicted molar refractivity (Wildman–Crippen MR) is 122 cm³/mol. The molecule has 2 fully saturated rings. The van der Waals surface area contributed by atoms with Crippen LogP contribution in [0.25, 0.3) is 0 Å². The Bertz CT molecular complexity index is 882. The Morgan fingerprint density at radius 3 is 2.44 bits per heavy atom. The highest BCUT2D eigenvalue weighted by Gasteiger charge is 2.38. The zero-order valence-corrected chi connectivity index (χ0v) is 19.1. The number of ether oxygens (including phenoxy) is 1. The summed E-state index contributed by atoms with van der Waals surface area (Å²) in [5, 5.41) is 6.07. The first-order chi connectivity index (χ1) is 15.6. The zero-order valence-electron chi connectivity index (χ0n) is 19.1. The van der Waals surface area contributed by atoms with Crippen molar-refractivity contribution in [3.63, 3.8) is 0 Å². The number of nitrogens with zero attached hydrogens (tertiary/aromatic N) is 2. The second kappa shape index (κ2) is 10.4. The summed E-state index contributed by atoms with van der Waals surface area (Å²) < 4.78 is 5.12. The lowest BCUT2D eigenvalue weighted by atomic mass is 9.79. The summed E-state index contributed by atoms with van der Waals surface area (Å²) in [5.74, 6) is -0.893. The first-order valence-electron chi connectivity index (χ1n) is 12.3. The van der Waals surface area contributed by atoms with Gasteiger partial charge in [-0.05, 0) is 38.2 Å². The van der Waals surface area contributed by atoms with Crippen LogP contribution in [0.4, 0.5) is 0 Å². The van der Waals surface area contributed by atoms with E-state index in [1.54, 1.807) is 6.92 Å². The van der Waals surface area contributed by atoms with Crippen molar-refractivity contribution >= 4 is 23.4 Å². The van der Waals surface area contributed by atoms with E-state index in [2.05, 4.69) is 0 Å². The van der Waals surface area contributed by atoms with Gasteiger partial charge in [0, 0.05) is 23.8 Å². The van der Waals surface area contributed by atoms with Crippen molar-refractivity contribution in [1.29, 1.82) is 0 Å². The molecule has 0 radical (unpaired) electrons. The molecule has 3 aliphatic rings. The minimum Gasteiger partial charge on any atom is -0.465 e. The van der Waals surface area contributed by atoms with Crippen molar-refractivity contribution in [2.24, 2.45) is 16.9 Å². The van der Waals surface area contributed by atoms with Crippen molar-refractivity contribution in [3.8, 4) is 0 Å². The first-order valence-corrected chi connectivity index (χ1v) is 12.3. The van der Waals surface area contributed by atoms with Crippen LogP contribution in [-0.2, 0) is 19.1 Å². The van der Waals surface area contributed by atoms with Crippen LogP contribution < -0.4 is 0 Å². The standard InChI is InChI=1S/C26H34N2O4/c1-2-32-24(30)17-28-26(31)22(16-23(29)18-10-6-7-11-18)20-14-8-9-15-21(20)25(27-28)19-12-4-3-5-13-19/h8-9,14-15,18-19,22H,2-7,10-13,16-17H2,1H3. The van der Waals surface area contributed by atoms with Gasteiger partial charge in [0.15, 0.2) is 0 Å². The Balaban J connectivity index is 1.71. The molecule has 1 heterocycles. The van der Waals surface area contributed by atoms with Crippen molar-refractivity contribution < 1.29 is 19.1 Å². The summed E-state index contributed by atoms with van der Waals surface area (Å²) in [6.07, 6.45) is 9.71. The number of benzene rings is 1. The van der Waals surface area contributed by atoms with E-state index in [-0.39, 0.29) is 43.1 Å². The summed E-state index contributed by atoms with van der Waals surface area (Å²) >= 11 is 0. The number of ketones is 1. The second-order valence-corrected chi connectivity index (χ2v) is 9.31. The van der Waals surface area contributed by atoms with Gasteiger partial charge in [-0.3, -0.25) is 14.4 Å². The average Bonchev–Trinajstić information content (AvgIpc) is 3.32. The predicted octanol–water partition coefficient (Wildman–Crippen LogP) is 4.61. The van der Waals surface area contributed by atoms with Gasteiger partial charge in [-0.1, -0.05) is 56.4 Å². The zero-order chi connectivity index (χ0) is 22.5. The van der Waals surface area contributed by atoms with Crippen molar-refractivity contribution in [2.75, 3.05) is 13.2 Å². The van der Waals surface area contributed by atoms with Crippen LogP contribution in [0.1, 0.15) is 88.2 Å². The van der Waals surface area contributed by atoms with E-state index in [0.29, 0.717) is 0 Å². The second-order valence-electron chi connectivity index (χ2n) is 9.31. The molecule has 1 aromatic rings. The van der Waals surface area contributed by atoms with Gasteiger partial charge in [0.25, 0.3) is 5.91 Å². The molecule has 1 amide bonds. The Kier molecular flexibility index (Phi) is 7.38. The van der Waals surface area contributed by atoms with Gasteiger partial charge in [-0.25, -0.2) is 5.01 Å². The van der Waals surface area contributed by atoms with Crippen LogP contribution in [-0.4, -0.2) is 41.5 Å². The number of amides is 1. The van der Waals surface area contributed by atoms with Crippen LogP contribution >= 0.6 is 0 Å². The topological polar surface area (TPSA) is 76.0 Å². The summed E-state index contributed by atoms with van der Waals surface area (Å²) in [6, 6.07) is 7.89. The van der Waals surface area contributed by atoms with E-state index in [1.165, 1.54) is 11.4 Å². The average molecular weight is 439 g/mol. The number of carbonyl (C=O) groups excluding carboxylic acids is 3. The van der Waals surface area contributed by atoms with Crippen LogP contribution in [0.3, 0.4) is 0 Å². The molecule has 6 heteroatoms. The molecule has 0 N–H and O–H groups in total. The number of hydrogen-bond acceptors (Lipinski definition) is 5. The summed E-state index contributed by atoms with van der Waals surface area (Å²) in [4.78, 5) is 39.1. The van der Waals surface area contributed by atoms with Gasteiger partial charge in [0.05, 0.1) is 18.2 Å². The maximum Gasteiger partial charge on any atom is 0.327 e. The quantitative estimate of drug-likeness (QED) is 0.583. The monoisotopic (exact) mass is 438 g/mol. The van der Waals surface area contributed by atoms with Gasteiger partial charge in [-0.15, -0.1) is 0 Å². The lowest BCUT2D eigenvalue weighted by Gasteiger charge is -2.25. The molecule has 1 unspecified atom stereocenters. The fraction of sp³-hybridized carbons (Fsp3) is 0.615. The first kappa shape index (κ1) is 22.7. The Morgan fingerprint density at radius 1 is 1.03 bits per heavy atom. The third-order valence-electron chi connectivity index (χ3n) is 7.18. The third kappa shape index (κ3) is 4.94. The molecule has 6 nitrogen and oxygen atoms in total. The fourth-order valence-corrected chi connectivity index (χ4v) is 5.51. The molecule has 32 heavy (non-hydrogen) atoms. The Morgan fingerprint density at radius 2 is 1.72 bits per heavy atom. The van der Waals surface area contributed by atoms with Gasteiger partial charge in [0.2, 0.25) is 0 Å². The Labute approximate surface area is 190 Å². The smallest absolute Gasteiger partial charge is 0.327 e. The largest absolute Gasteiger partial charge is 0.465 e. The highest BCUT2D eigenvalue weighted by Crippen LogP contribution is 2.37. The summed E-state index contributed by atoms with van der Waals surface area (Å²) in [5.41, 5.74) is 2.72. The number of rotatable bonds is 7. The lowest BCUT2D eigenvalue weighted by Crippen LogP contribution is -2.36. The molecule has 1 aliphatic heterocycles. The molecule has 0 bridgehead atoms. The van der Waals surface area contributed by atoms with Crippen molar-refractivity contribution in [2.45, 2.75) is 77.0 Å². The number of carbonyl (C=O) groups is 3. The minimum absolute atomic E-state index is 0.0513. The summed E-state index contributed by atoms with van der Waals surface area (Å²) in [7, 11) is 0. The number of fused-ring (bicyclic) bond motifs is 1. The van der Waals surface area contributed by atoms with Crippen molar-refractivity contribution in [1.82, 2.24) is 5.01 Å². The SMILES string of the molecule is CCOC(=O)CN1N=C(C2CCCCC2)c2ccccc2C(CC(=O)C2CCCC2)C1=O. The van der Waals surface area contributed by atoms with Crippen LogP contribution in [0.2, 0.25) is 0 Å². The van der Waals surface area contributed by atoms with E-state index in [0.717, 1.165) is 68.2 Å². The third-order valence-corrected chi connectivity index (χ3v) is 7.18. The Hall–Kier alpha value is -2.50. The number of hydrazone groups is 1. The lowest BCUT2D eigenvalue weighted by molar-refractivity contribution is -0.149. The molecule has 0 spiro atoms. The fourth-order valence-electron chi connectivity index (χ4n) is 5.51. The highest BCUT2D eigenvalue weighted by molar-refractivity contribution is 6.07. The maximum absolute atomic E-state index is 13.7. The van der Waals surface area contributed by atoms with Crippen LogP contribution in [0.5, 0.6) is 0 Å². The summed E-state index contributed by atoms with van der Waals surface area (Å²) in [6.45, 7) is 1.78. The van der Waals surface area contributed by atoms with Gasteiger partial charge < -0.3 is 4.74 Å². The highest BCUT2D eigenvalue weighted by atomic mass is 16.5. The maximum atomic E-state index is 13.7. The van der Waals surface area contributed by atoms with E-state index in [4.69, 9.17) is 9.84 Å². The van der Waals surface area contributed by atoms with Crippen LogP contribution in [0.15, 0.2) is 29.4 Å². The molecule has 1 aromatic carbocycles. The molecular weight excluding hydrogens is 404 g/mol. The van der Waals surface area contributed by atoms with E-state index < -0.39 is 11.9 Å². The molecule has 2 aliphatic carbocycles. The van der Waals surface area contributed by atoms with E-state index >= 15 is 0 Å². The normalized spacial score (nSPS) is 22.3. The number of esters is 1. The molecular formula is C26H34N2O4. The molecule has 172 valence electrons. The van der Waals surface area contributed by atoms with Gasteiger partial charge in [-0.2, -0.15) is 5.10 Å². The van der Waals surface area contributed by atoms with E-state index in [1.807, 2.05) is 24.3 Å². The molecule has 1 atom stereocenters.